The molecule has 0 amide bonds. The van der Waals surface area contributed by atoms with Crippen LogP contribution in [0.25, 0.3) is 0 Å². The summed E-state index contributed by atoms with van der Waals surface area (Å²) < 4.78 is 0. The molecule has 0 saturated heterocycles. The molecule has 0 heterocycles. The first-order chi connectivity index (χ1) is 3.68. The first-order valence-corrected chi connectivity index (χ1v) is 2.43. The summed E-state index contributed by atoms with van der Waals surface area (Å²) in [6.07, 6.45) is 0.392. The van der Waals surface area contributed by atoms with Crippen LogP contribution in [0.4, 0.5) is 0 Å². The van der Waals surface area contributed by atoms with Crippen molar-refractivity contribution < 1.29 is 9.90 Å². The average Bonchev–Trinajstić information content (AvgIpc) is 1.67. The second-order valence-corrected chi connectivity index (χ2v) is 1.88. The molecule has 0 aromatic carbocycles. The van der Waals surface area contributed by atoms with Gasteiger partial charge >= 0.3 is 0 Å². The van der Waals surface area contributed by atoms with Crippen molar-refractivity contribution >= 4 is 6.08 Å². The van der Waals surface area contributed by atoms with Crippen LogP contribution in [0.2, 0.25) is 0 Å². The fraction of sp³-hybridized carbons (Fsp3) is 0.800. The third-order valence-electron chi connectivity index (χ3n) is 0.781. The highest BCUT2D eigenvalue weighted by Gasteiger charge is 2.04. The van der Waals surface area contributed by atoms with Crippen molar-refractivity contribution in [3.8, 4) is 0 Å². The quantitative estimate of drug-likeness (QED) is 0.415. The summed E-state index contributed by atoms with van der Waals surface area (Å²) in [5.41, 5.74) is 0. The van der Waals surface area contributed by atoms with Gasteiger partial charge < -0.3 is 5.11 Å². The molecular formula is C5H9NO2. The van der Waals surface area contributed by atoms with Crippen LogP contribution < -0.4 is 0 Å². The van der Waals surface area contributed by atoms with Crippen LogP contribution >= 0.6 is 0 Å². The largest absolute Gasteiger partial charge is 0.371 e. The Balaban J connectivity index is 3.63. The molecule has 0 fully saturated rings. The molecule has 0 aliphatic rings. The molecule has 1 atom stereocenters. The number of aliphatic hydroxyl groups excluding tert-OH is 1. The maximum absolute atomic E-state index is 9.47. The summed E-state index contributed by atoms with van der Waals surface area (Å²) >= 11 is 0. The third-order valence-corrected chi connectivity index (χ3v) is 0.781. The van der Waals surface area contributed by atoms with E-state index in [1.165, 1.54) is 6.08 Å². The predicted octanol–water partition coefficient (Wildman–Crippen LogP) is 0.297. The molecule has 0 aliphatic heterocycles. The van der Waals surface area contributed by atoms with E-state index >= 15 is 0 Å². The van der Waals surface area contributed by atoms with Crippen LogP contribution in [-0.2, 0) is 4.79 Å². The van der Waals surface area contributed by atoms with Gasteiger partial charge in [-0.1, -0.05) is 13.8 Å². The summed E-state index contributed by atoms with van der Waals surface area (Å²) in [6.45, 7) is 3.54. The van der Waals surface area contributed by atoms with Gasteiger partial charge in [0, 0.05) is 5.92 Å². The van der Waals surface area contributed by atoms with E-state index < -0.39 is 6.23 Å². The van der Waals surface area contributed by atoms with Gasteiger partial charge in [0.25, 0.3) is 0 Å². The van der Waals surface area contributed by atoms with E-state index in [0.717, 1.165) is 0 Å². The van der Waals surface area contributed by atoms with Gasteiger partial charge in [0.05, 0.1) is 0 Å². The molecule has 1 unspecified atom stereocenters. The Morgan fingerprint density at radius 3 is 2.25 bits per heavy atom. The highest BCUT2D eigenvalue weighted by atomic mass is 16.3. The number of aliphatic hydroxyl groups is 1. The van der Waals surface area contributed by atoms with Gasteiger partial charge in [0.2, 0.25) is 6.08 Å². The molecular weight excluding hydrogens is 106 g/mol. The monoisotopic (exact) mass is 115 g/mol. The highest BCUT2D eigenvalue weighted by Crippen LogP contribution is 1.99. The predicted molar refractivity (Wildman–Crippen MR) is 29.0 cm³/mol. The first kappa shape index (κ1) is 7.34. The first-order valence-electron chi connectivity index (χ1n) is 2.43. The van der Waals surface area contributed by atoms with Gasteiger partial charge in [-0.3, -0.25) is 0 Å². The molecule has 0 aliphatic carbocycles. The number of hydrogen-bond acceptors (Lipinski definition) is 3. The fourth-order valence-electron chi connectivity index (χ4n) is 0.203. The van der Waals surface area contributed by atoms with Gasteiger partial charge in [-0.2, -0.15) is 4.99 Å². The zero-order chi connectivity index (χ0) is 6.57. The Kier molecular flexibility index (Phi) is 3.08. The van der Waals surface area contributed by atoms with Gasteiger partial charge in [0.15, 0.2) is 6.23 Å². The van der Waals surface area contributed by atoms with Crippen molar-refractivity contribution in [1.29, 1.82) is 0 Å². The molecule has 46 valence electrons. The summed E-state index contributed by atoms with van der Waals surface area (Å²) in [5.74, 6) is -0.00329. The van der Waals surface area contributed by atoms with Crippen LogP contribution in [0.15, 0.2) is 4.99 Å². The normalized spacial score (nSPS) is 13.0. The lowest BCUT2D eigenvalue weighted by Gasteiger charge is -2.04. The van der Waals surface area contributed by atoms with Crippen LogP contribution in [0.5, 0.6) is 0 Å². The second kappa shape index (κ2) is 3.36. The van der Waals surface area contributed by atoms with Crippen molar-refractivity contribution in [3.05, 3.63) is 0 Å². The van der Waals surface area contributed by atoms with Crippen LogP contribution in [0.1, 0.15) is 13.8 Å². The van der Waals surface area contributed by atoms with Crippen LogP contribution in [0, 0.1) is 5.92 Å². The Bertz CT molecular complexity index is 105. The lowest BCUT2D eigenvalue weighted by atomic mass is 10.2. The molecule has 8 heavy (non-hydrogen) atoms. The highest BCUT2D eigenvalue weighted by molar-refractivity contribution is 5.33. The molecule has 1 N–H and O–H groups in total. The fourth-order valence-corrected chi connectivity index (χ4v) is 0.203. The molecule has 0 spiro atoms. The topological polar surface area (TPSA) is 49.7 Å². The molecule has 0 aromatic rings. The molecule has 3 nitrogen and oxygen atoms in total. The Hall–Kier alpha value is -0.660. The van der Waals surface area contributed by atoms with Crippen molar-refractivity contribution in [2.45, 2.75) is 20.1 Å². The van der Waals surface area contributed by atoms with E-state index in [4.69, 9.17) is 5.11 Å². The second-order valence-electron chi connectivity index (χ2n) is 1.88. The van der Waals surface area contributed by atoms with E-state index in [1.54, 1.807) is 13.8 Å². The zero-order valence-corrected chi connectivity index (χ0v) is 4.96. The molecule has 0 radical (unpaired) electrons. The SMILES string of the molecule is CC(C)C(O)N=C=O. The Morgan fingerprint density at radius 1 is 1.62 bits per heavy atom. The Labute approximate surface area is 48.1 Å². The van der Waals surface area contributed by atoms with E-state index in [9.17, 15) is 4.79 Å². The van der Waals surface area contributed by atoms with Crippen molar-refractivity contribution in [2.75, 3.05) is 0 Å². The number of aliphatic imine (C=N–C) groups is 1. The smallest absolute Gasteiger partial charge is 0.237 e. The van der Waals surface area contributed by atoms with Gasteiger partial charge in [0.1, 0.15) is 0 Å². The molecule has 0 saturated carbocycles. The third kappa shape index (κ3) is 2.50. The zero-order valence-electron chi connectivity index (χ0n) is 4.96. The number of hydrogen-bond donors (Lipinski definition) is 1. The maximum Gasteiger partial charge on any atom is 0.237 e. The minimum absolute atomic E-state index is 0.00329. The average molecular weight is 115 g/mol. The molecule has 3 heteroatoms. The standard InChI is InChI=1S/C5H9NO2/c1-4(2)5(8)6-3-7/h4-5,8H,1-2H3. The summed E-state index contributed by atoms with van der Waals surface area (Å²) in [4.78, 5) is 12.5. The summed E-state index contributed by atoms with van der Waals surface area (Å²) in [5, 5.41) is 8.70. The van der Waals surface area contributed by atoms with Crippen molar-refractivity contribution in [3.63, 3.8) is 0 Å². The molecule has 0 rings (SSSR count). The lowest BCUT2D eigenvalue weighted by Crippen LogP contribution is -2.10. The number of rotatable bonds is 2. The van der Waals surface area contributed by atoms with E-state index in [1.807, 2.05) is 0 Å². The van der Waals surface area contributed by atoms with Crippen molar-refractivity contribution in [2.24, 2.45) is 10.9 Å². The van der Waals surface area contributed by atoms with Gasteiger partial charge in [-0.05, 0) is 0 Å². The van der Waals surface area contributed by atoms with E-state index in [-0.39, 0.29) is 5.92 Å². The number of carbonyl (C=O) groups excluding carboxylic acids is 1. The number of isocyanates is 1. The van der Waals surface area contributed by atoms with Gasteiger partial charge in [-0.25, -0.2) is 4.79 Å². The van der Waals surface area contributed by atoms with Crippen molar-refractivity contribution in [1.82, 2.24) is 0 Å². The maximum atomic E-state index is 9.47. The minimum Gasteiger partial charge on any atom is -0.371 e. The summed E-state index contributed by atoms with van der Waals surface area (Å²) in [6, 6.07) is 0. The molecule has 0 aromatic heterocycles. The van der Waals surface area contributed by atoms with Crippen LogP contribution in [-0.4, -0.2) is 17.4 Å². The molecule has 0 bridgehead atoms. The Morgan fingerprint density at radius 2 is 2.12 bits per heavy atom. The summed E-state index contributed by atoms with van der Waals surface area (Å²) in [7, 11) is 0. The van der Waals surface area contributed by atoms with Gasteiger partial charge in [-0.15, -0.1) is 0 Å². The minimum atomic E-state index is -0.882. The van der Waals surface area contributed by atoms with Crippen LogP contribution in [0.3, 0.4) is 0 Å². The van der Waals surface area contributed by atoms with E-state index in [2.05, 4.69) is 4.99 Å². The lowest BCUT2D eigenvalue weighted by molar-refractivity contribution is 0.134. The number of nitrogens with zero attached hydrogens (tertiary/aromatic N) is 1. The van der Waals surface area contributed by atoms with E-state index in [0.29, 0.717) is 0 Å².